The van der Waals surface area contributed by atoms with Crippen molar-refractivity contribution in [2.75, 3.05) is 7.05 Å². The number of hydrogen-bond acceptors (Lipinski definition) is 4. The second kappa shape index (κ2) is 7.10. The summed E-state index contributed by atoms with van der Waals surface area (Å²) in [5, 5.41) is 2.45. The Morgan fingerprint density at radius 3 is 2.11 bits per heavy atom. The monoisotopic (exact) mass is 379 g/mol. The van der Waals surface area contributed by atoms with Gasteiger partial charge in [0, 0.05) is 17.9 Å². The first-order valence-corrected chi connectivity index (χ1v) is 9.23. The Kier molecular flexibility index (Phi) is 5.70. The molecular formula is C20H31BFNO4. The summed E-state index contributed by atoms with van der Waals surface area (Å²) in [5.74, 6) is -0.432. The van der Waals surface area contributed by atoms with Crippen LogP contribution in [-0.4, -0.2) is 31.5 Å². The van der Waals surface area contributed by atoms with E-state index in [4.69, 9.17) is 14.0 Å². The molecule has 0 spiro atoms. The van der Waals surface area contributed by atoms with E-state index in [0.29, 0.717) is 16.6 Å². The van der Waals surface area contributed by atoms with Crippen molar-refractivity contribution in [1.29, 1.82) is 0 Å². The lowest BCUT2D eigenvalue weighted by atomic mass is 9.74. The van der Waals surface area contributed by atoms with Crippen LogP contribution in [0.15, 0.2) is 12.1 Å². The van der Waals surface area contributed by atoms with Gasteiger partial charge < -0.3 is 19.4 Å². The zero-order chi connectivity index (χ0) is 20.8. The Bertz CT molecular complexity index is 688. The Hall–Kier alpha value is -1.60. The summed E-state index contributed by atoms with van der Waals surface area (Å²) in [5.41, 5.74) is 0.165. The van der Waals surface area contributed by atoms with E-state index in [1.807, 2.05) is 61.5 Å². The summed E-state index contributed by atoms with van der Waals surface area (Å²) >= 11 is 0. The lowest BCUT2D eigenvalue weighted by Gasteiger charge is -2.32. The van der Waals surface area contributed by atoms with Crippen molar-refractivity contribution >= 4 is 18.7 Å². The van der Waals surface area contributed by atoms with Crippen molar-refractivity contribution in [3.63, 3.8) is 0 Å². The van der Waals surface area contributed by atoms with E-state index in [-0.39, 0.29) is 0 Å². The molecule has 27 heavy (non-hydrogen) atoms. The molecule has 1 unspecified atom stereocenters. The lowest BCUT2D eigenvalue weighted by molar-refractivity contribution is 0.00578. The molecule has 1 aromatic rings. The molecule has 0 saturated carbocycles. The van der Waals surface area contributed by atoms with Crippen LogP contribution in [0.1, 0.15) is 65.7 Å². The quantitative estimate of drug-likeness (QED) is 0.810. The summed E-state index contributed by atoms with van der Waals surface area (Å²) < 4.78 is 32.6. The van der Waals surface area contributed by atoms with Crippen LogP contribution in [0.25, 0.3) is 0 Å². The van der Waals surface area contributed by atoms with Gasteiger partial charge in [0.25, 0.3) is 0 Å². The van der Waals surface area contributed by atoms with Gasteiger partial charge in [0.15, 0.2) is 0 Å². The largest absolute Gasteiger partial charge is 0.498 e. The van der Waals surface area contributed by atoms with Gasteiger partial charge in [0.1, 0.15) is 11.9 Å². The highest BCUT2D eigenvalue weighted by Gasteiger charge is 2.53. The van der Waals surface area contributed by atoms with Crippen molar-refractivity contribution in [3.05, 3.63) is 29.1 Å². The van der Waals surface area contributed by atoms with Crippen LogP contribution in [0.4, 0.5) is 9.18 Å². The van der Waals surface area contributed by atoms with Gasteiger partial charge in [-0.05, 0) is 51.8 Å². The van der Waals surface area contributed by atoms with E-state index in [0.717, 1.165) is 0 Å². The van der Waals surface area contributed by atoms with Crippen molar-refractivity contribution in [3.8, 4) is 0 Å². The standard InChI is InChI=1S/C20H31BFNO4/c1-12-10-13(16(18(2,3)4)25-17(24)23-9)11-14(22)15(12)21-26-19(5,6)20(7,8)27-21/h10-11,16H,1-9H3,(H,23,24). The number of alkyl carbamates (subject to hydrolysis) is 1. The van der Waals surface area contributed by atoms with E-state index in [9.17, 15) is 4.79 Å². The average molecular weight is 379 g/mol. The van der Waals surface area contributed by atoms with E-state index in [2.05, 4.69) is 5.32 Å². The summed E-state index contributed by atoms with van der Waals surface area (Å²) in [7, 11) is 0.715. The third kappa shape index (κ3) is 4.30. The summed E-state index contributed by atoms with van der Waals surface area (Å²) in [6, 6.07) is 3.24. The van der Waals surface area contributed by atoms with Crippen LogP contribution >= 0.6 is 0 Å². The number of carbonyl (C=O) groups is 1. The first-order valence-electron chi connectivity index (χ1n) is 9.23. The molecule has 1 aliphatic heterocycles. The zero-order valence-electron chi connectivity index (χ0n) is 17.8. The minimum atomic E-state index is -0.781. The second-order valence-electron chi connectivity index (χ2n) is 9.22. The minimum absolute atomic E-state index is 0.380. The molecule has 1 amide bonds. The minimum Gasteiger partial charge on any atom is -0.441 e. The number of rotatable bonds is 3. The summed E-state index contributed by atoms with van der Waals surface area (Å²) in [6.45, 7) is 15.4. The average Bonchev–Trinajstić information content (AvgIpc) is 2.70. The molecule has 0 aliphatic carbocycles. The predicted molar refractivity (Wildman–Crippen MR) is 105 cm³/mol. The molecule has 1 N–H and O–H groups in total. The Morgan fingerprint density at radius 2 is 1.70 bits per heavy atom. The van der Waals surface area contributed by atoms with Crippen molar-refractivity contribution in [2.24, 2.45) is 5.41 Å². The molecule has 7 heteroatoms. The highest BCUT2D eigenvalue weighted by atomic mass is 19.1. The first-order chi connectivity index (χ1) is 12.2. The maximum Gasteiger partial charge on any atom is 0.498 e. The SMILES string of the molecule is CNC(=O)OC(c1cc(C)c(B2OC(C)(C)C(C)(C)O2)c(F)c1)C(C)(C)C. The fourth-order valence-corrected chi connectivity index (χ4v) is 3.10. The molecule has 1 heterocycles. The number of ether oxygens (including phenoxy) is 1. The Labute approximate surface area is 162 Å². The summed E-state index contributed by atoms with van der Waals surface area (Å²) in [6.07, 6.45) is -1.15. The number of benzene rings is 1. The number of aryl methyl sites for hydroxylation is 1. The van der Waals surface area contributed by atoms with Crippen LogP contribution in [0, 0.1) is 18.2 Å². The second-order valence-corrected chi connectivity index (χ2v) is 9.22. The molecule has 1 atom stereocenters. The van der Waals surface area contributed by atoms with Crippen LogP contribution in [0.5, 0.6) is 0 Å². The smallest absolute Gasteiger partial charge is 0.441 e. The number of halogens is 1. The summed E-state index contributed by atoms with van der Waals surface area (Å²) in [4.78, 5) is 11.8. The normalized spacial score (nSPS) is 19.7. The molecule has 5 nitrogen and oxygen atoms in total. The molecule has 0 aromatic heterocycles. The van der Waals surface area contributed by atoms with Crippen LogP contribution in [-0.2, 0) is 14.0 Å². The van der Waals surface area contributed by atoms with E-state index in [1.54, 1.807) is 0 Å². The van der Waals surface area contributed by atoms with E-state index in [1.165, 1.54) is 13.1 Å². The van der Waals surface area contributed by atoms with Crippen LogP contribution < -0.4 is 10.8 Å². The molecule has 1 fully saturated rings. The van der Waals surface area contributed by atoms with E-state index < -0.39 is 41.7 Å². The first kappa shape index (κ1) is 21.7. The number of nitrogens with one attached hydrogen (secondary N) is 1. The fraction of sp³-hybridized carbons (Fsp3) is 0.650. The number of carbonyl (C=O) groups excluding carboxylic acids is 1. The third-order valence-electron chi connectivity index (χ3n) is 5.37. The Balaban J connectivity index is 2.43. The molecule has 1 aromatic carbocycles. The van der Waals surface area contributed by atoms with Crippen LogP contribution in [0.3, 0.4) is 0 Å². The molecule has 1 aliphatic rings. The van der Waals surface area contributed by atoms with Crippen LogP contribution in [0.2, 0.25) is 0 Å². The molecule has 1 saturated heterocycles. The van der Waals surface area contributed by atoms with Gasteiger partial charge in [0.2, 0.25) is 0 Å². The predicted octanol–water partition coefficient (Wildman–Crippen LogP) is 3.88. The highest BCUT2D eigenvalue weighted by Crippen LogP contribution is 2.39. The van der Waals surface area contributed by atoms with Gasteiger partial charge in [0.05, 0.1) is 11.2 Å². The van der Waals surface area contributed by atoms with Crippen molar-refractivity contribution in [1.82, 2.24) is 5.32 Å². The fourth-order valence-electron chi connectivity index (χ4n) is 3.10. The molecule has 0 bridgehead atoms. The van der Waals surface area contributed by atoms with Gasteiger partial charge in [-0.2, -0.15) is 0 Å². The highest BCUT2D eigenvalue weighted by molar-refractivity contribution is 6.62. The van der Waals surface area contributed by atoms with Gasteiger partial charge in [-0.25, -0.2) is 9.18 Å². The van der Waals surface area contributed by atoms with Gasteiger partial charge in [-0.3, -0.25) is 0 Å². The third-order valence-corrected chi connectivity index (χ3v) is 5.37. The maximum absolute atomic E-state index is 15.1. The lowest BCUT2D eigenvalue weighted by Crippen LogP contribution is -2.41. The van der Waals surface area contributed by atoms with Crippen molar-refractivity contribution < 1.29 is 23.2 Å². The zero-order valence-corrected chi connectivity index (χ0v) is 17.8. The van der Waals surface area contributed by atoms with Gasteiger partial charge >= 0.3 is 13.2 Å². The maximum atomic E-state index is 15.1. The van der Waals surface area contributed by atoms with Gasteiger partial charge in [-0.15, -0.1) is 0 Å². The molecule has 0 radical (unpaired) electrons. The number of amides is 1. The van der Waals surface area contributed by atoms with Gasteiger partial charge in [-0.1, -0.05) is 26.8 Å². The van der Waals surface area contributed by atoms with Crippen molar-refractivity contribution in [2.45, 2.75) is 72.7 Å². The Morgan fingerprint density at radius 1 is 1.19 bits per heavy atom. The number of hydrogen-bond donors (Lipinski definition) is 1. The van der Waals surface area contributed by atoms with E-state index >= 15 is 4.39 Å². The topological polar surface area (TPSA) is 56.8 Å². The molecule has 150 valence electrons. The molecular weight excluding hydrogens is 348 g/mol. The molecule has 2 rings (SSSR count).